The Labute approximate surface area is 250 Å². The predicted molar refractivity (Wildman–Crippen MR) is 167 cm³/mol. The van der Waals surface area contributed by atoms with Crippen LogP contribution in [0.2, 0.25) is 0 Å². The number of methoxy groups -OCH3 is 1. The molecule has 2 aliphatic rings. The number of ketones is 1. The number of rotatable bonds is 12. The minimum atomic E-state index is -1.54. The van der Waals surface area contributed by atoms with E-state index in [2.05, 4.69) is 9.80 Å². The number of carbonyl (C=O) groups is 1. The number of hydrogen-bond donors (Lipinski definition) is 0. The fraction of sp³-hybridized carbons (Fsp3) is 0.382. The van der Waals surface area contributed by atoms with Gasteiger partial charge in [0.15, 0.2) is 15.4 Å². The van der Waals surface area contributed by atoms with Crippen molar-refractivity contribution in [2.75, 3.05) is 59.6 Å². The van der Waals surface area contributed by atoms with Crippen LogP contribution in [0.5, 0.6) is 17.2 Å². The van der Waals surface area contributed by atoms with Gasteiger partial charge in [0.05, 0.1) is 18.1 Å². The van der Waals surface area contributed by atoms with E-state index in [1.54, 1.807) is 31.4 Å². The van der Waals surface area contributed by atoms with Gasteiger partial charge in [-0.1, -0.05) is 0 Å². The second-order valence-corrected chi connectivity index (χ2v) is 12.4. The molecule has 7 nitrogen and oxygen atoms in total. The number of hydrogen-bond acceptors (Lipinski definition) is 7. The molecule has 4 aromatic rings. The Morgan fingerprint density at radius 1 is 0.762 bits per heavy atom. The number of nitrogens with zero attached hydrogens (tertiary/aromatic N) is 2. The smallest absolute Gasteiger partial charge is 0.199 e. The molecule has 1 atom stereocenters. The fourth-order valence-corrected chi connectivity index (χ4v) is 7.49. The first-order valence-electron chi connectivity index (χ1n) is 14.9. The van der Waals surface area contributed by atoms with Crippen LogP contribution in [-0.4, -0.2) is 79.7 Å². The standard InChI is InChI=1S/C34H38N2O5S/c1-39-29-14-15-30-31(24-29)42(38)34(26-8-12-28(13-9-26)41-23-21-36-18-4-5-19-36)32(30)33(37)25-6-10-27(11-7-25)40-22-20-35-16-2-3-17-35/h6-15,24H,2-5,16-23H2,1H3. The summed E-state index contributed by atoms with van der Waals surface area (Å²) in [7, 11) is 0.0358. The van der Waals surface area contributed by atoms with Crippen molar-refractivity contribution >= 4 is 26.6 Å². The van der Waals surface area contributed by atoms with E-state index in [9.17, 15) is 9.35 Å². The lowest BCUT2D eigenvalue weighted by atomic mass is 9.97. The molecule has 0 aliphatic carbocycles. The SMILES string of the molecule is COc1ccc2c(C(=O)c3ccc(OCCN4CCCC4)cc3)c(-c3ccc(OCCN4CCCC4)cc3)[s+]([O-])c2c1. The van der Waals surface area contributed by atoms with Crippen LogP contribution in [0.4, 0.5) is 0 Å². The third-order valence-electron chi connectivity index (χ3n) is 8.28. The van der Waals surface area contributed by atoms with Gasteiger partial charge in [-0.2, -0.15) is 0 Å². The lowest BCUT2D eigenvalue weighted by molar-refractivity contribution is 0.104. The van der Waals surface area contributed by atoms with Crippen molar-refractivity contribution in [3.8, 4) is 27.7 Å². The third-order valence-corrected chi connectivity index (χ3v) is 9.83. The molecule has 2 fully saturated rings. The summed E-state index contributed by atoms with van der Waals surface area (Å²) in [5, 5.41) is 0.672. The van der Waals surface area contributed by atoms with Crippen LogP contribution in [-0.2, 0) is 0 Å². The average Bonchev–Trinajstić information content (AvgIpc) is 3.79. The summed E-state index contributed by atoms with van der Waals surface area (Å²) in [6, 6.07) is 20.2. The first kappa shape index (κ1) is 28.7. The number of fused-ring (bicyclic) bond motifs is 1. The Morgan fingerprint density at radius 3 is 1.83 bits per heavy atom. The maximum atomic E-state index is 14.0. The maximum Gasteiger partial charge on any atom is 0.199 e. The first-order chi connectivity index (χ1) is 20.6. The highest BCUT2D eigenvalue weighted by atomic mass is 32.2. The van der Waals surface area contributed by atoms with Crippen LogP contribution < -0.4 is 14.2 Å². The largest absolute Gasteiger partial charge is 0.590 e. The van der Waals surface area contributed by atoms with Gasteiger partial charge in [0.1, 0.15) is 30.5 Å². The topological polar surface area (TPSA) is 74.3 Å². The van der Waals surface area contributed by atoms with E-state index in [0.717, 1.165) is 56.3 Å². The summed E-state index contributed by atoms with van der Waals surface area (Å²) in [5.41, 5.74) is 1.72. The van der Waals surface area contributed by atoms with Crippen LogP contribution in [0, 0.1) is 0 Å². The molecule has 0 N–H and O–H groups in total. The number of carbonyl (C=O) groups excluding carboxylic acids is 1. The predicted octanol–water partition coefficient (Wildman–Crippen LogP) is 6.42. The Kier molecular flexibility index (Phi) is 9.05. The van der Waals surface area contributed by atoms with Crippen LogP contribution in [0.15, 0.2) is 66.7 Å². The van der Waals surface area contributed by atoms with Gasteiger partial charge in [-0.05, 0) is 123 Å². The molecule has 6 rings (SSSR count). The van der Waals surface area contributed by atoms with E-state index < -0.39 is 10.8 Å². The molecule has 0 bridgehead atoms. The van der Waals surface area contributed by atoms with Crippen molar-refractivity contribution in [3.63, 3.8) is 0 Å². The highest BCUT2D eigenvalue weighted by molar-refractivity contribution is 7.35. The van der Waals surface area contributed by atoms with Crippen LogP contribution in [0.3, 0.4) is 0 Å². The zero-order valence-electron chi connectivity index (χ0n) is 24.2. The molecule has 42 heavy (non-hydrogen) atoms. The second-order valence-electron chi connectivity index (χ2n) is 11.0. The third kappa shape index (κ3) is 6.32. The summed E-state index contributed by atoms with van der Waals surface area (Å²) >= 11 is 0. The number of benzene rings is 3. The molecule has 0 amide bonds. The molecule has 3 aromatic carbocycles. The van der Waals surface area contributed by atoms with Gasteiger partial charge < -0.3 is 18.8 Å². The number of ether oxygens (including phenoxy) is 3. The molecule has 2 aliphatic heterocycles. The van der Waals surface area contributed by atoms with Crippen molar-refractivity contribution in [1.29, 1.82) is 0 Å². The lowest BCUT2D eigenvalue weighted by Gasteiger charge is -2.15. The van der Waals surface area contributed by atoms with Gasteiger partial charge in [-0.15, -0.1) is 0 Å². The number of likely N-dealkylation sites (tertiary alicyclic amines) is 2. The van der Waals surface area contributed by atoms with Crippen LogP contribution in [0.1, 0.15) is 41.6 Å². The summed E-state index contributed by atoms with van der Waals surface area (Å²) in [6.45, 7) is 7.61. The molecule has 2 saturated heterocycles. The maximum absolute atomic E-state index is 14.0. The van der Waals surface area contributed by atoms with Crippen molar-refractivity contribution in [1.82, 2.24) is 9.80 Å². The van der Waals surface area contributed by atoms with Crippen molar-refractivity contribution in [2.45, 2.75) is 25.7 Å². The average molecular weight is 587 g/mol. The normalized spacial score (nSPS) is 16.3. The summed E-state index contributed by atoms with van der Waals surface area (Å²) in [6.07, 6.45) is 5.03. The molecule has 3 heterocycles. The van der Waals surface area contributed by atoms with Gasteiger partial charge in [-0.25, -0.2) is 0 Å². The quantitative estimate of drug-likeness (QED) is 0.140. The fourth-order valence-electron chi connectivity index (χ4n) is 5.94. The first-order valence-corrected chi connectivity index (χ1v) is 16.1. The highest BCUT2D eigenvalue weighted by Gasteiger charge is 2.30. The molecular weight excluding hydrogens is 548 g/mol. The molecule has 220 valence electrons. The number of thiophene rings is 1. The Hall–Kier alpha value is -3.43. The summed E-state index contributed by atoms with van der Waals surface area (Å²) < 4.78 is 31.8. The Morgan fingerprint density at radius 2 is 1.29 bits per heavy atom. The van der Waals surface area contributed by atoms with E-state index in [1.165, 1.54) is 25.7 Å². The lowest BCUT2D eigenvalue weighted by Crippen LogP contribution is -2.25. The van der Waals surface area contributed by atoms with Gasteiger partial charge in [0.2, 0.25) is 0 Å². The zero-order valence-corrected chi connectivity index (χ0v) is 25.0. The highest BCUT2D eigenvalue weighted by Crippen LogP contribution is 2.47. The van der Waals surface area contributed by atoms with E-state index in [-0.39, 0.29) is 5.78 Å². The van der Waals surface area contributed by atoms with Crippen LogP contribution >= 0.6 is 10.8 Å². The van der Waals surface area contributed by atoms with E-state index in [0.29, 0.717) is 45.1 Å². The van der Waals surface area contributed by atoms with Crippen molar-refractivity contribution < 1.29 is 23.6 Å². The van der Waals surface area contributed by atoms with E-state index in [1.807, 2.05) is 42.5 Å². The summed E-state index contributed by atoms with van der Waals surface area (Å²) in [4.78, 5) is 19.4. The van der Waals surface area contributed by atoms with E-state index in [4.69, 9.17) is 14.2 Å². The van der Waals surface area contributed by atoms with Gasteiger partial charge in [0.25, 0.3) is 0 Å². The Balaban J connectivity index is 1.24. The van der Waals surface area contributed by atoms with Gasteiger partial charge in [-0.3, -0.25) is 14.6 Å². The molecule has 0 spiro atoms. The van der Waals surface area contributed by atoms with Gasteiger partial charge >= 0.3 is 0 Å². The van der Waals surface area contributed by atoms with Crippen molar-refractivity contribution in [2.24, 2.45) is 0 Å². The van der Waals surface area contributed by atoms with Crippen molar-refractivity contribution in [3.05, 3.63) is 77.9 Å². The Bertz CT molecular complexity index is 1500. The molecular formula is C34H38N2O5S. The second kappa shape index (κ2) is 13.3. The summed E-state index contributed by atoms with van der Waals surface area (Å²) in [5.74, 6) is 1.93. The van der Waals surface area contributed by atoms with Gasteiger partial charge in [0, 0.05) is 30.3 Å². The molecule has 8 heteroatoms. The molecule has 1 aromatic heterocycles. The molecule has 1 unspecified atom stereocenters. The zero-order chi connectivity index (χ0) is 28.9. The van der Waals surface area contributed by atoms with Crippen LogP contribution in [0.25, 0.3) is 20.5 Å². The van der Waals surface area contributed by atoms with E-state index >= 15 is 0 Å². The molecule has 0 radical (unpaired) electrons. The minimum Gasteiger partial charge on any atom is -0.590 e. The molecule has 0 saturated carbocycles. The monoisotopic (exact) mass is 586 g/mol. The minimum absolute atomic E-state index is 0.170.